The van der Waals surface area contributed by atoms with Crippen molar-refractivity contribution in [3.05, 3.63) is 42.2 Å². The number of halogens is 3. The summed E-state index contributed by atoms with van der Waals surface area (Å²) in [6.07, 6.45) is 3.02. The van der Waals surface area contributed by atoms with Gasteiger partial charge in [-0.05, 0) is 56.4 Å². The van der Waals surface area contributed by atoms with Crippen molar-refractivity contribution in [2.24, 2.45) is 5.92 Å². The predicted molar refractivity (Wildman–Crippen MR) is 113 cm³/mol. The Labute approximate surface area is 179 Å². The number of hydrogen-bond donors (Lipinski definition) is 1. The predicted octanol–water partition coefficient (Wildman–Crippen LogP) is 4.34. The standard InChI is InChI=1S/C22H26F3N5O/c23-22(24,25)17-4-6-19(26-14-17)30-12-8-16(9-13-30)21(31)28-18-5-7-20(27-15-18)29-10-2-1-3-11-29/h4-7,14-16H,1-3,8-13H2,(H,28,31). The van der Waals surface area contributed by atoms with Gasteiger partial charge in [-0.3, -0.25) is 4.79 Å². The van der Waals surface area contributed by atoms with Crippen molar-refractivity contribution in [2.45, 2.75) is 38.3 Å². The summed E-state index contributed by atoms with van der Waals surface area (Å²) in [5.41, 5.74) is -0.0805. The van der Waals surface area contributed by atoms with E-state index in [0.29, 0.717) is 37.4 Å². The van der Waals surface area contributed by atoms with E-state index in [2.05, 4.69) is 20.2 Å². The topological polar surface area (TPSA) is 61.4 Å². The lowest BCUT2D eigenvalue weighted by Gasteiger charge is -2.32. The van der Waals surface area contributed by atoms with Gasteiger partial charge in [0.1, 0.15) is 11.6 Å². The van der Waals surface area contributed by atoms with Crippen LogP contribution in [0.3, 0.4) is 0 Å². The first-order chi connectivity index (χ1) is 14.9. The van der Waals surface area contributed by atoms with Crippen molar-refractivity contribution in [1.29, 1.82) is 0 Å². The molecular weight excluding hydrogens is 407 g/mol. The Bertz CT molecular complexity index is 872. The van der Waals surface area contributed by atoms with E-state index in [-0.39, 0.29) is 11.8 Å². The highest BCUT2D eigenvalue weighted by Gasteiger charge is 2.31. The number of rotatable bonds is 4. The molecule has 1 amide bonds. The fourth-order valence-electron chi connectivity index (χ4n) is 4.13. The van der Waals surface area contributed by atoms with Crippen molar-refractivity contribution in [1.82, 2.24) is 9.97 Å². The fourth-order valence-corrected chi connectivity index (χ4v) is 4.13. The van der Waals surface area contributed by atoms with Crippen LogP contribution in [0.4, 0.5) is 30.5 Å². The summed E-state index contributed by atoms with van der Waals surface area (Å²) in [5, 5.41) is 2.94. The van der Waals surface area contributed by atoms with E-state index in [1.165, 1.54) is 25.3 Å². The van der Waals surface area contributed by atoms with Crippen molar-refractivity contribution >= 4 is 23.2 Å². The number of pyridine rings is 2. The van der Waals surface area contributed by atoms with Crippen molar-refractivity contribution in [2.75, 3.05) is 41.3 Å². The average Bonchev–Trinajstić information content (AvgIpc) is 2.80. The highest BCUT2D eigenvalue weighted by Crippen LogP contribution is 2.30. The van der Waals surface area contributed by atoms with Gasteiger partial charge < -0.3 is 15.1 Å². The van der Waals surface area contributed by atoms with Crippen LogP contribution in [-0.4, -0.2) is 42.1 Å². The van der Waals surface area contributed by atoms with Crippen LogP contribution in [-0.2, 0) is 11.0 Å². The normalized spacial score (nSPS) is 18.2. The van der Waals surface area contributed by atoms with Gasteiger partial charge in [-0.1, -0.05) is 0 Å². The molecule has 31 heavy (non-hydrogen) atoms. The summed E-state index contributed by atoms with van der Waals surface area (Å²) in [7, 11) is 0. The summed E-state index contributed by atoms with van der Waals surface area (Å²) in [6, 6.07) is 6.26. The quantitative estimate of drug-likeness (QED) is 0.777. The Kier molecular flexibility index (Phi) is 6.29. The number of carbonyl (C=O) groups excluding carboxylic acids is 1. The summed E-state index contributed by atoms with van der Waals surface area (Å²) < 4.78 is 38.1. The molecule has 2 aromatic rings. The van der Waals surface area contributed by atoms with Gasteiger partial charge in [0.15, 0.2) is 0 Å². The minimum Gasteiger partial charge on any atom is -0.357 e. The maximum Gasteiger partial charge on any atom is 0.417 e. The van der Waals surface area contributed by atoms with Crippen LogP contribution in [0, 0.1) is 5.92 Å². The molecule has 0 bridgehead atoms. The molecule has 0 spiro atoms. The number of nitrogens with one attached hydrogen (secondary N) is 1. The van der Waals surface area contributed by atoms with E-state index in [0.717, 1.165) is 31.2 Å². The molecule has 2 saturated heterocycles. The molecule has 0 atom stereocenters. The Morgan fingerprint density at radius 2 is 1.48 bits per heavy atom. The number of aromatic nitrogens is 2. The Balaban J connectivity index is 1.28. The molecule has 0 unspecified atom stereocenters. The third kappa shape index (κ3) is 5.26. The van der Waals surface area contributed by atoms with E-state index in [4.69, 9.17) is 0 Å². The van der Waals surface area contributed by atoms with Gasteiger partial charge in [0.05, 0.1) is 17.4 Å². The fraction of sp³-hybridized carbons (Fsp3) is 0.500. The third-order valence-corrected chi connectivity index (χ3v) is 5.96. The first kappa shape index (κ1) is 21.4. The first-order valence-electron chi connectivity index (χ1n) is 10.7. The van der Waals surface area contributed by atoms with Gasteiger partial charge in [0.25, 0.3) is 0 Å². The number of piperidine rings is 2. The maximum absolute atomic E-state index is 12.7. The number of hydrogen-bond acceptors (Lipinski definition) is 5. The van der Waals surface area contributed by atoms with E-state index >= 15 is 0 Å². The molecule has 4 heterocycles. The van der Waals surface area contributed by atoms with Gasteiger partial charge in [0.2, 0.25) is 5.91 Å². The number of anilines is 3. The van der Waals surface area contributed by atoms with Crippen LogP contribution in [0.5, 0.6) is 0 Å². The molecule has 2 aliphatic rings. The van der Waals surface area contributed by atoms with Crippen LogP contribution in [0.1, 0.15) is 37.7 Å². The maximum atomic E-state index is 12.7. The minimum absolute atomic E-state index is 0.0486. The molecule has 6 nitrogen and oxygen atoms in total. The van der Waals surface area contributed by atoms with Crippen molar-refractivity contribution in [3.63, 3.8) is 0 Å². The average molecular weight is 433 g/mol. The summed E-state index contributed by atoms with van der Waals surface area (Å²) in [5.74, 6) is 1.25. The van der Waals surface area contributed by atoms with Gasteiger partial charge in [-0.15, -0.1) is 0 Å². The molecule has 1 N–H and O–H groups in total. The zero-order valence-electron chi connectivity index (χ0n) is 17.2. The smallest absolute Gasteiger partial charge is 0.357 e. The minimum atomic E-state index is -4.39. The van der Waals surface area contributed by atoms with Gasteiger partial charge in [0, 0.05) is 38.3 Å². The number of nitrogens with zero attached hydrogens (tertiary/aromatic N) is 4. The van der Waals surface area contributed by atoms with E-state index in [1.807, 2.05) is 17.0 Å². The first-order valence-corrected chi connectivity index (χ1v) is 10.7. The second-order valence-electron chi connectivity index (χ2n) is 8.11. The molecule has 2 fully saturated rings. The van der Waals surface area contributed by atoms with Crippen molar-refractivity contribution < 1.29 is 18.0 Å². The lowest BCUT2D eigenvalue weighted by molar-refractivity contribution is -0.137. The molecule has 0 radical (unpaired) electrons. The summed E-state index contributed by atoms with van der Waals surface area (Å²) in [6.45, 7) is 3.18. The Morgan fingerprint density at radius 1 is 0.871 bits per heavy atom. The lowest BCUT2D eigenvalue weighted by Crippen LogP contribution is -2.38. The summed E-state index contributed by atoms with van der Waals surface area (Å²) in [4.78, 5) is 25.3. The zero-order chi connectivity index (χ0) is 21.8. The van der Waals surface area contributed by atoms with Gasteiger partial charge >= 0.3 is 6.18 Å². The molecule has 0 saturated carbocycles. The third-order valence-electron chi connectivity index (χ3n) is 5.96. The lowest BCUT2D eigenvalue weighted by atomic mass is 9.96. The zero-order valence-corrected chi connectivity index (χ0v) is 17.2. The van der Waals surface area contributed by atoms with Crippen LogP contribution in [0.25, 0.3) is 0 Å². The molecular formula is C22H26F3N5O. The molecule has 2 aliphatic heterocycles. The van der Waals surface area contributed by atoms with Crippen LogP contribution in [0.15, 0.2) is 36.7 Å². The SMILES string of the molecule is O=C(Nc1ccc(N2CCCCC2)nc1)C1CCN(c2ccc(C(F)(F)F)cn2)CC1. The van der Waals surface area contributed by atoms with E-state index in [1.54, 1.807) is 6.20 Å². The number of carbonyl (C=O) groups is 1. The number of amides is 1. The van der Waals surface area contributed by atoms with E-state index < -0.39 is 11.7 Å². The highest BCUT2D eigenvalue weighted by atomic mass is 19.4. The Hall–Kier alpha value is -2.84. The van der Waals surface area contributed by atoms with Crippen LogP contribution < -0.4 is 15.1 Å². The second-order valence-corrected chi connectivity index (χ2v) is 8.11. The molecule has 166 valence electrons. The van der Waals surface area contributed by atoms with Crippen LogP contribution in [0.2, 0.25) is 0 Å². The molecule has 0 aliphatic carbocycles. The van der Waals surface area contributed by atoms with Crippen molar-refractivity contribution in [3.8, 4) is 0 Å². The highest BCUT2D eigenvalue weighted by molar-refractivity contribution is 5.92. The number of alkyl halides is 3. The monoisotopic (exact) mass is 433 g/mol. The van der Waals surface area contributed by atoms with E-state index in [9.17, 15) is 18.0 Å². The molecule has 2 aromatic heterocycles. The van der Waals surface area contributed by atoms with Gasteiger partial charge in [-0.25, -0.2) is 9.97 Å². The van der Waals surface area contributed by atoms with Gasteiger partial charge in [-0.2, -0.15) is 13.2 Å². The second kappa shape index (κ2) is 9.11. The summed E-state index contributed by atoms with van der Waals surface area (Å²) >= 11 is 0. The largest absolute Gasteiger partial charge is 0.417 e. The Morgan fingerprint density at radius 3 is 2.03 bits per heavy atom. The molecule has 0 aromatic carbocycles. The van der Waals surface area contributed by atoms with Crippen LogP contribution >= 0.6 is 0 Å². The molecule has 4 rings (SSSR count). The molecule has 9 heteroatoms.